The maximum absolute atomic E-state index is 5.87. The summed E-state index contributed by atoms with van der Waals surface area (Å²) in [6.07, 6.45) is 2.26. The van der Waals surface area contributed by atoms with Crippen LogP contribution < -0.4 is 4.74 Å². The molecule has 0 bridgehead atoms. The zero-order chi connectivity index (χ0) is 15.9. The molecule has 0 amide bonds. The Morgan fingerprint density at radius 1 is 0.957 bits per heavy atom. The van der Waals surface area contributed by atoms with Crippen molar-refractivity contribution in [3.63, 3.8) is 0 Å². The monoisotopic (exact) mass is 353 g/mol. The lowest BCUT2D eigenvalue weighted by molar-refractivity contribution is 0.298. The second kappa shape index (κ2) is 9.82. The molecule has 0 heterocycles. The molecule has 1 unspecified atom stereocenters. The van der Waals surface area contributed by atoms with Gasteiger partial charge in [-0.25, -0.2) is 0 Å². The van der Waals surface area contributed by atoms with Gasteiger partial charge in [0.1, 0.15) is 12.4 Å². The predicted molar refractivity (Wildman–Crippen MR) is 101 cm³/mol. The molecule has 0 aromatic heterocycles. The average Bonchev–Trinajstić information content (AvgIpc) is 2.53. The fraction of sp³-hybridized carbons (Fsp3) is 0.368. The summed E-state index contributed by atoms with van der Waals surface area (Å²) in [6.45, 7) is 2.82. The third kappa shape index (κ3) is 6.82. The van der Waals surface area contributed by atoms with E-state index >= 15 is 0 Å². The molecule has 0 aliphatic heterocycles. The van der Waals surface area contributed by atoms with Gasteiger partial charge in [0.05, 0.1) is 0 Å². The van der Waals surface area contributed by atoms with Crippen molar-refractivity contribution < 1.29 is 4.74 Å². The zero-order valence-electron chi connectivity index (χ0n) is 14.0. The highest BCUT2D eigenvalue weighted by molar-refractivity contribution is 6.30. The number of aryl methyl sites for hydroxylation is 1. The molecule has 0 radical (unpaired) electrons. The van der Waals surface area contributed by atoms with Crippen molar-refractivity contribution in [2.45, 2.75) is 32.4 Å². The second-order valence-corrected chi connectivity index (χ2v) is 6.35. The first kappa shape index (κ1) is 19.8. The summed E-state index contributed by atoms with van der Waals surface area (Å²) < 4.78 is 5.80. The molecule has 2 rings (SSSR count). The molecular formula is C19H25Cl2NO. The minimum atomic E-state index is 0. The van der Waals surface area contributed by atoms with Crippen molar-refractivity contribution in [3.05, 3.63) is 64.7 Å². The Morgan fingerprint density at radius 2 is 1.52 bits per heavy atom. The van der Waals surface area contributed by atoms with E-state index in [1.807, 2.05) is 36.4 Å². The first-order valence-electron chi connectivity index (χ1n) is 7.67. The van der Waals surface area contributed by atoms with Crippen LogP contribution >= 0.6 is 24.0 Å². The fourth-order valence-corrected chi connectivity index (χ4v) is 2.26. The van der Waals surface area contributed by atoms with Gasteiger partial charge in [-0.3, -0.25) is 0 Å². The van der Waals surface area contributed by atoms with Crippen LogP contribution in [0.25, 0.3) is 0 Å². The van der Waals surface area contributed by atoms with E-state index < -0.39 is 0 Å². The van der Waals surface area contributed by atoms with Gasteiger partial charge in [-0.2, -0.15) is 0 Å². The quantitative estimate of drug-likeness (QED) is 0.676. The minimum Gasteiger partial charge on any atom is -0.489 e. The summed E-state index contributed by atoms with van der Waals surface area (Å²) in [5.74, 6) is 0.902. The molecule has 0 fully saturated rings. The number of benzene rings is 2. The van der Waals surface area contributed by atoms with E-state index in [1.165, 1.54) is 5.56 Å². The average molecular weight is 354 g/mol. The topological polar surface area (TPSA) is 12.5 Å². The molecule has 126 valence electrons. The van der Waals surface area contributed by atoms with E-state index in [-0.39, 0.29) is 12.4 Å². The highest BCUT2D eigenvalue weighted by Gasteiger charge is 2.05. The highest BCUT2D eigenvalue weighted by atomic mass is 35.5. The van der Waals surface area contributed by atoms with E-state index in [4.69, 9.17) is 16.3 Å². The van der Waals surface area contributed by atoms with Crippen LogP contribution in [-0.4, -0.2) is 25.0 Å². The third-order valence-electron chi connectivity index (χ3n) is 3.97. The van der Waals surface area contributed by atoms with E-state index in [0.717, 1.165) is 29.2 Å². The normalized spacial score (nSPS) is 11.9. The standard InChI is InChI=1S/C19H24ClNO.ClH/c1-15(21(2)3)4-5-16-8-12-19(13-9-16)22-14-17-6-10-18(20)11-7-17;/h6-13,15H,4-5,14H2,1-3H3;1H. The number of nitrogens with zero attached hydrogens (tertiary/aromatic N) is 1. The smallest absolute Gasteiger partial charge is 0.119 e. The van der Waals surface area contributed by atoms with Gasteiger partial charge in [0.2, 0.25) is 0 Å². The van der Waals surface area contributed by atoms with Crippen LogP contribution in [0.4, 0.5) is 0 Å². The molecule has 0 spiro atoms. The number of rotatable bonds is 7. The van der Waals surface area contributed by atoms with Crippen LogP contribution in [0.1, 0.15) is 24.5 Å². The minimum absolute atomic E-state index is 0. The molecule has 0 N–H and O–H groups in total. The Balaban J connectivity index is 0.00000264. The van der Waals surface area contributed by atoms with Crippen molar-refractivity contribution in [1.82, 2.24) is 4.90 Å². The molecule has 0 aliphatic rings. The lowest BCUT2D eigenvalue weighted by Crippen LogP contribution is -2.24. The van der Waals surface area contributed by atoms with Crippen molar-refractivity contribution >= 4 is 24.0 Å². The second-order valence-electron chi connectivity index (χ2n) is 5.91. The van der Waals surface area contributed by atoms with Crippen molar-refractivity contribution in [2.24, 2.45) is 0 Å². The Hall–Kier alpha value is -1.22. The van der Waals surface area contributed by atoms with Crippen LogP contribution in [0.2, 0.25) is 5.02 Å². The van der Waals surface area contributed by atoms with Gasteiger partial charge in [0.25, 0.3) is 0 Å². The summed E-state index contributed by atoms with van der Waals surface area (Å²) in [4.78, 5) is 2.25. The van der Waals surface area contributed by atoms with Gasteiger partial charge < -0.3 is 9.64 Å². The fourth-order valence-electron chi connectivity index (χ4n) is 2.13. The van der Waals surface area contributed by atoms with Crippen molar-refractivity contribution in [1.29, 1.82) is 0 Å². The van der Waals surface area contributed by atoms with E-state index in [2.05, 4.69) is 38.1 Å². The molecule has 2 aromatic carbocycles. The Labute approximate surface area is 150 Å². The van der Waals surface area contributed by atoms with Crippen LogP contribution in [0, 0.1) is 0 Å². The van der Waals surface area contributed by atoms with Gasteiger partial charge in [0, 0.05) is 11.1 Å². The van der Waals surface area contributed by atoms with E-state index in [0.29, 0.717) is 12.6 Å². The van der Waals surface area contributed by atoms with Crippen molar-refractivity contribution in [3.8, 4) is 5.75 Å². The maximum atomic E-state index is 5.87. The van der Waals surface area contributed by atoms with Gasteiger partial charge in [-0.05, 0) is 69.3 Å². The summed E-state index contributed by atoms with van der Waals surface area (Å²) in [7, 11) is 4.25. The lowest BCUT2D eigenvalue weighted by atomic mass is 10.1. The largest absolute Gasteiger partial charge is 0.489 e. The van der Waals surface area contributed by atoms with Crippen LogP contribution in [0.3, 0.4) is 0 Å². The Morgan fingerprint density at radius 3 is 2.09 bits per heavy atom. The molecule has 0 saturated carbocycles. The molecule has 23 heavy (non-hydrogen) atoms. The summed E-state index contributed by atoms with van der Waals surface area (Å²) in [6, 6.07) is 16.7. The molecule has 0 saturated heterocycles. The Bertz CT molecular complexity index is 567. The van der Waals surface area contributed by atoms with E-state index in [9.17, 15) is 0 Å². The summed E-state index contributed by atoms with van der Waals surface area (Å²) >= 11 is 5.87. The number of hydrogen-bond donors (Lipinski definition) is 0. The number of hydrogen-bond acceptors (Lipinski definition) is 2. The highest BCUT2D eigenvalue weighted by Crippen LogP contribution is 2.17. The first-order valence-corrected chi connectivity index (χ1v) is 8.05. The predicted octanol–water partition coefficient (Wildman–Crippen LogP) is 5.22. The van der Waals surface area contributed by atoms with E-state index in [1.54, 1.807) is 0 Å². The summed E-state index contributed by atoms with van der Waals surface area (Å²) in [5, 5.41) is 0.750. The van der Waals surface area contributed by atoms with Gasteiger partial charge in [-0.15, -0.1) is 12.4 Å². The maximum Gasteiger partial charge on any atom is 0.119 e. The number of ether oxygens (including phenoxy) is 1. The SMILES string of the molecule is CC(CCc1ccc(OCc2ccc(Cl)cc2)cc1)N(C)C.Cl. The van der Waals surface area contributed by atoms with Crippen LogP contribution in [-0.2, 0) is 13.0 Å². The van der Waals surface area contributed by atoms with Gasteiger partial charge in [0.15, 0.2) is 0 Å². The molecule has 0 aliphatic carbocycles. The Kier molecular flexibility index (Phi) is 8.46. The molecule has 4 heteroatoms. The molecule has 2 aromatic rings. The van der Waals surface area contributed by atoms with Gasteiger partial charge in [-0.1, -0.05) is 35.9 Å². The molecule has 2 nitrogen and oxygen atoms in total. The molecule has 1 atom stereocenters. The third-order valence-corrected chi connectivity index (χ3v) is 4.23. The van der Waals surface area contributed by atoms with Crippen LogP contribution in [0.15, 0.2) is 48.5 Å². The summed E-state index contributed by atoms with van der Waals surface area (Å²) in [5.41, 5.74) is 2.47. The molecular weight excluding hydrogens is 329 g/mol. The van der Waals surface area contributed by atoms with Crippen molar-refractivity contribution in [2.75, 3.05) is 14.1 Å². The lowest BCUT2D eigenvalue weighted by Gasteiger charge is -2.19. The van der Waals surface area contributed by atoms with Crippen LogP contribution in [0.5, 0.6) is 5.75 Å². The number of halogens is 2. The zero-order valence-corrected chi connectivity index (χ0v) is 15.5. The first-order chi connectivity index (χ1) is 10.5. The van der Waals surface area contributed by atoms with Gasteiger partial charge >= 0.3 is 0 Å².